The summed E-state index contributed by atoms with van der Waals surface area (Å²) in [5.41, 5.74) is 5.14. The van der Waals surface area contributed by atoms with Gasteiger partial charge in [-0.1, -0.05) is 0 Å². The highest BCUT2D eigenvalue weighted by molar-refractivity contribution is 5.95. The molecule has 1 aliphatic heterocycles. The summed E-state index contributed by atoms with van der Waals surface area (Å²) < 4.78 is 21.6. The van der Waals surface area contributed by atoms with Gasteiger partial charge in [-0.25, -0.2) is 14.2 Å². The van der Waals surface area contributed by atoms with Crippen LogP contribution in [0.5, 0.6) is 0 Å². The first-order valence-corrected chi connectivity index (χ1v) is 8.64. The minimum absolute atomic E-state index is 0.111. The van der Waals surface area contributed by atoms with Crippen molar-refractivity contribution in [2.24, 2.45) is 10.7 Å². The fourth-order valence-electron chi connectivity index (χ4n) is 3.06. The molecule has 9 heteroatoms. The number of amides is 1. The summed E-state index contributed by atoms with van der Waals surface area (Å²) in [6.45, 7) is 7.22. The maximum Gasteiger partial charge on any atom is 0.412 e. The third kappa shape index (κ3) is 3.81. The number of benzene rings is 1. The molecular weight excluding hydrogens is 363 g/mol. The number of ether oxygens (including phenoxy) is 1. The molecule has 1 aromatic heterocycles. The van der Waals surface area contributed by atoms with Gasteiger partial charge in [-0.2, -0.15) is 5.26 Å². The molecule has 1 unspecified atom stereocenters. The van der Waals surface area contributed by atoms with E-state index in [1.165, 1.54) is 18.2 Å². The van der Waals surface area contributed by atoms with Gasteiger partial charge in [0.05, 0.1) is 6.54 Å². The van der Waals surface area contributed by atoms with Crippen molar-refractivity contribution in [3.63, 3.8) is 0 Å². The molecule has 1 atom stereocenters. The Morgan fingerprint density at radius 2 is 2.18 bits per heavy atom. The van der Waals surface area contributed by atoms with E-state index in [1.807, 2.05) is 6.07 Å². The first-order chi connectivity index (χ1) is 13.0. The predicted octanol–water partition coefficient (Wildman–Crippen LogP) is 2.88. The fourth-order valence-corrected chi connectivity index (χ4v) is 3.06. The van der Waals surface area contributed by atoms with Crippen LogP contribution in [0.2, 0.25) is 0 Å². The summed E-state index contributed by atoms with van der Waals surface area (Å²) in [7, 11) is 0. The van der Waals surface area contributed by atoms with Crippen LogP contribution in [-0.4, -0.2) is 27.1 Å². The number of aliphatic imine (C=N–C) groups is 1. The van der Waals surface area contributed by atoms with Gasteiger partial charge in [0, 0.05) is 17.4 Å². The van der Waals surface area contributed by atoms with E-state index in [2.05, 4.69) is 15.3 Å². The van der Waals surface area contributed by atoms with Crippen LogP contribution in [0, 0.1) is 17.1 Å². The SMILES string of the molecule is CC(C)(C)OC(=O)Nc1ccc(F)c(C2(C)Cn3cc(C#N)nc3C(N)=N2)c1. The molecule has 28 heavy (non-hydrogen) atoms. The van der Waals surface area contributed by atoms with Crippen molar-refractivity contribution >= 4 is 17.6 Å². The third-order valence-electron chi connectivity index (χ3n) is 4.16. The number of hydrogen-bond acceptors (Lipinski definition) is 6. The van der Waals surface area contributed by atoms with Crippen molar-refractivity contribution < 1.29 is 13.9 Å². The Labute approximate surface area is 161 Å². The number of hydrogen-bond donors (Lipinski definition) is 2. The van der Waals surface area contributed by atoms with E-state index in [9.17, 15) is 9.18 Å². The number of nitrogens with zero attached hydrogens (tertiary/aromatic N) is 4. The molecule has 0 bridgehead atoms. The van der Waals surface area contributed by atoms with E-state index >= 15 is 0 Å². The summed E-state index contributed by atoms with van der Waals surface area (Å²) in [4.78, 5) is 20.5. The van der Waals surface area contributed by atoms with Crippen molar-refractivity contribution in [2.75, 3.05) is 5.32 Å². The number of fused-ring (bicyclic) bond motifs is 1. The van der Waals surface area contributed by atoms with Crippen molar-refractivity contribution in [3.8, 4) is 6.07 Å². The third-order valence-corrected chi connectivity index (χ3v) is 4.16. The van der Waals surface area contributed by atoms with Crippen molar-refractivity contribution in [1.82, 2.24) is 9.55 Å². The van der Waals surface area contributed by atoms with Crippen LogP contribution in [0.1, 0.15) is 44.8 Å². The highest BCUT2D eigenvalue weighted by atomic mass is 19.1. The molecule has 8 nitrogen and oxygen atoms in total. The molecule has 0 saturated heterocycles. The second kappa shape index (κ2) is 6.64. The molecule has 0 radical (unpaired) electrons. The molecule has 2 aromatic rings. The Kier molecular flexibility index (Phi) is 4.59. The number of anilines is 1. The topological polar surface area (TPSA) is 118 Å². The van der Waals surface area contributed by atoms with Crippen LogP contribution < -0.4 is 11.1 Å². The van der Waals surface area contributed by atoms with Gasteiger partial charge in [0.1, 0.15) is 23.0 Å². The molecule has 0 aliphatic carbocycles. The summed E-state index contributed by atoms with van der Waals surface area (Å²) in [5, 5.41) is 11.6. The van der Waals surface area contributed by atoms with Gasteiger partial charge in [0.2, 0.25) is 0 Å². The standard InChI is InChI=1S/C19H21FN6O2/c1-18(2,3)28-17(27)24-11-5-6-14(20)13(7-11)19(4)10-26-9-12(8-21)23-16(26)15(22)25-19/h5-7,9H,10H2,1-4H3,(H2,22,25)(H,24,27). The van der Waals surface area contributed by atoms with Gasteiger partial charge >= 0.3 is 6.09 Å². The number of carbonyl (C=O) groups excluding carboxylic acids is 1. The number of amidine groups is 1. The van der Waals surface area contributed by atoms with Gasteiger partial charge in [0.15, 0.2) is 17.4 Å². The van der Waals surface area contributed by atoms with Gasteiger partial charge in [-0.15, -0.1) is 0 Å². The van der Waals surface area contributed by atoms with Gasteiger partial charge in [0.25, 0.3) is 0 Å². The molecule has 0 saturated carbocycles. The zero-order valence-electron chi connectivity index (χ0n) is 16.1. The van der Waals surface area contributed by atoms with Gasteiger partial charge in [-0.3, -0.25) is 10.3 Å². The first kappa shape index (κ1) is 19.4. The quantitative estimate of drug-likeness (QED) is 0.825. The molecular formula is C19H21FN6O2. The number of nitrogens with one attached hydrogen (secondary N) is 1. The fraction of sp³-hybridized carbons (Fsp3) is 0.368. The van der Waals surface area contributed by atoms with Crippen LogP contribution in [0.4, 0.5) is 14.9 Å². The van der Waals surface area contributed by atoms with Crippen LogP contribution in [0.15, 0.2) is 29.4 Å². The largest absolute Gasteiger partial charge is 0.444 e. The highest BCUT2D eigenvalue weighted by Gasteiger charge is 2.35. The second-order valence-electron chi connectivity index (χ2n) is 7.78. The van der Waals surface area contributed by atoms with E-state index in [0.717, 1.165) is 0 Å². The maximum atomic E-state index is 14.7. The molecule has 1 amide bonds. The number of nitrogens with two attached hydrogens (primary N) is 1. The molecule has 1 aromatic carbocycles. The number of halogens is 1. The van der Waals surface area contributed by atoms with Crippen LogP contribution in [-0.2, 0) is 16.8 Å². The zero-order valence-corrected chi connectivity index (χ0v) is 16.1. The molecule has 0 fully saturated rings. The van der Waals surface area contributed by atoms with Gasteiger partial charge < -0.3 is 15.0 Å². The second-order valence-corrected chi connectivity index (χ2v) is 7.78. The minimum atomic E-state index is -1.04. The Morgan fingerprint density at radius 3 is 2.82 bits per heavy atom. The molecule has 2 heterocycles. The first-order valence-electron chi connectivity index (χ1n) is 8.64. The van der Waals surface area contributed by atoms with Crippen LogP contribution in [0.25, 0.3) is 0 Å². The number of rotatable bonds is 2. The highest BCUT2D eigenvalue weighted by Crippen LogP contribution is 2.34. The molecule has 146 valence electrons. The van der Waals surface area contributed by atoms with E-state index in [-0.39, 0.29) is 23.6 Å². The smallest absolute Gasteiger partial charge is 0.412 e. The molecule has 3 N–H and O–H groups in total. The predicted molar refractivity (Wildman–Crippen MR) is 101 cm³/mol. The lowest BCUT2D eigenvalue weighted by Gasteiger charge is -2.31. The van der Waals surface area contributed by atoms with E-state index in [4.69, 9.17) is 15.7 Å². The lowest BCUT2D eigenvalue weighted by Crippen LogP contribution is -2.37. The molecule has 0 spiro atoms. The van der Waals surface area contributed by atoms with Crippen molar-refractivity contribution in [2.45, 2.75) is 45.4 Å². The van der Waals surface area contributed by atoms with E-state index < -0.39 is 23.1 Å². The average Bonchev–Trinajstić information content (AvgIpc) is 2.98. The number of aromatic nitrogens is 2. The average molecular weight is 384 g/mol. The summed E-state index contributed by atoms with van der Waals surface area (Å²) in [6.07, 6.45) is 0.910. The molecule has 3 rings (SSSR count). The van der Waals surface area contributed by atoms with Crippen molar-refractivity contribution in [1.29, 1.82) is 5.26 Å². The monoisotopic (exact) mass is 384 g/mol. The van der Waals surface area contributed by atoms with Crippen molar-refractivity contribution in [3.05, 3.63) is 47.3 Å². The molecule has 1 aliphatic rings. The summed E-state index contributed by atoms with van der Waals surface area (Å²) in [6, 6.07) is 6.15. The summed E-state index contributed by atoms with van der Waals surface area (Å²) in [5.74, 6) is -0.00418. The summed E-state index contributed by atoms with van der Waals surface area (Å²) >= 11 is 0. The number of nitriles is 1. The Morgan fingerprint density at radius 1 is 1.46 bits per heavy atom. The lowest BCUT2D eigenvalue weighted by molar-refractivity contribution is 0.0636. The Hall–Kier alpha value is -3.41. The van der Waals surface area contributed by atoms with Crippen LogP contribution in [0.3, 0.4) is 0 Å². The Bertz CT molecular complexity index is 1010. The Balaban J connectivity index is 1.94. The maximum absolute atomic E-state index is 14.7. The van der Waals surface area contributed by atoms with E-state index in [1.54, 1.807) is 38.5 Å². The number of carbonyl (C=O) groups is 1. The lowest BCUT2D eigenvalue weighted by atomic mass is 9.90. The normalized spacial score (nSPS) is 18.6. The van der Waals surface area contributed by atoms with Crippen LogP contribution >= 0.6 is 0 Å². The number of imidazole rings is 1. The minimum Gasteiger partial charge on any atom is -0.444 e. The zero-order chi connectivity index (χ0) is 20.7. The van der Waals surface area contributed by atoms with E-state index in [0.29, 0.717) is 11.5 Å². The van der Waals surface area contributed by atoms with Gasteiger partial charge in [-0.05, 0) is 45.9 Å².